The van der Waals surface area contributed by atoms with E-state index < -0.39 is 0 Å². The Morgan fingerprint density at radius 1 is 1.19 bits per heavy atom. The molecule has 2 rings (SSSR count). The molecule has 0 fully saturated rings. The van der Waals surface area contributed by atoms with Crippen molar-refractivity contribution in [1.82, 2.24) is 0 Å². The van der Waals surface area contributed by atoms with Gasteiger partial charge in [-0.05, 0) is 29.7 Å². The molecule has 2 heteroatoms. The summed E-state index contributed by atoms with van der Waals surface area (Å²) in [6.07, 6.45) is 4.04. The van der Waals surface area contributed by atoms with Crippen molar-refractivity contribution in [3.05, 3.63) is 59.5 Å². The second kappa shape index (κ2) is 5.35. The third-order valence-corrected chi connectivity index (χ3v) is 3.58. The van der Waals surface area contributed by atoms with Crippen LogP contribution in [0, 0.1) is 0 Å². The van der Waals surface area contributed by atoms with Gasteiger partial charge in [0.15, 0.2) is 0 Å². The molecule has 0 bridgehead atoms. The zero-order chi connectivity index (χ0) is 11.4. The van der Waals surface area contributed by atoms with Crippen molar-refractivity contribution >= 4 is 15.9 Å². The lowest BCUT2D eigenvalue weighted by Crippen LogP contribution is -1.91. The topological polar surface area (TPSA) is 13.1 Å². The Balaban J connectivity index is 2.15. The summed E-state index contributed by atoms with van der Waals surface area (Å²) in [5, 5.41) is 0. The maximum Gasteiger partial charge on any atom is 0.121 e. The second-order valence-corrected chi connectivity index (χ2v) is 4.79. The SMILES string of the molecule is CCCc1ccc(C(Br)c2ccco2)cc1. The van der Waals surface area contributed by atoms with E-state index >= 15 is 0 Å². The molecule has 0 N–H and O–H groups in total. The molecule has 0 aliphatic rings. The first-order valence-corrected chi connectivity index (χ1v) is 6.49. The van der Waals surface area contributed by atoms with Crippen LogP contribution in [0.5, 0.6) is 0 Å². The maximum absolute atomic E-state index is 5.38. The molecule has 1 unspecified atom stereocenters. The van der Waals surface area contributed by atoms with E-state index in [-0.39, 0.29) is 4.83 Å². The number of hydrogen-bond donors (Lipinski definition) is 0. The van der Waals surface area contributed by atoms with Crippen LogP contribution in [0.1, 0.15) is 35.1 Å². The highest BCUT2D eigenvalue weighted by Crippen LogP contribution is 2.30. The molecule has 1 aromatic carbocycles. The van der Waals surface area contributed by atoms with Gasteiger partial charge in [0, 0.05) is 0 Å². The lowest BCUT2D eigenvalue weighted by atomic mass is 10.1. The standard InChI is InChI=1S/C14H15BrO/c1-2-4-11-6-8-12(9-7-11)14(15)13-5-3-10-16-13/h3,5-10,14H,2,4H2,1H3. The van der Waals surface area contributed by atoms with Crippen LogP contribution in [0.3, 0.4) is 0 Å². The van der Waals surface area contributed by atoms with Crippen LogP contribution in [0.25, 0.3) is 0 Å². The molecular formula is C14H15BrO. The van der Waals surface area contributed by atoms with E-state index in [4.69, 9.17) is 4.42 Å². The van der Waals surface area contributed by atoms with E-state index in [1.807, 2.05) is 12.1 Å². The van der Waals surface area contributed by atoms with Gasteiger partial charge in [0.1, 0.15) is 5.76 Å². The summed E-state index contributed by atoms with van der Waals surface area (Å²) < 4.78 is 5.38. The molecule has 0 aliphatic heterocycles. The fourth-order valence-corrected chi connectivity index (χ4v) is 2.31. The van der Waals surface area contributed by atoms with Crippen molar-refractivity contribution in [1.29, 1.82) is 0 Å². The normalized spacial score (nSPS) is 12.6. The van der Waals surface area contributed by atoms with Crippen molar-refractivity contribution < 1.29 is 4.42 Å². The quantitative estimate of drug-likeness (QED) is 0.738. The van der Waals surface area contributed by atoms with Gasteiger partial charge in [0.25, 0.3) is 0 Å². The summed E-state index contributed by atoms with van der Waals surface area (Å²) in [5.41, 5.74) is 2.63. The predicted octanol–water partition coefficient (Wildman–Crippen LogP) is 4.72. The number of hydrogen-bond acceptors (Lipinski definition) is 1. The first-order chi connectivity index (χ1) is 7.81. The molecule has 1 heterocycles. The number of furan rings is 1. The summed E-state index contributed by atoms with van der Waals surface area (Å²) in [7, 11) is 0. The zero-order valence-corrected chi connectivity index (χ0v) is 10.9. The molecule has 0 aliphatic carbocycles. The highest BCUT2D eigenvalue weighted by Gasteiger charge is 2.12. The van der Waals surface area contributed by atoms with Crippen LogP contribution in [0.2, 0.25) is 0 Å². The molecule has 1 aromatic heterocycles. The van der Waals surface area contributed by atoms with Crippen LogP contribution < -0.4 is 0 Å². The number of alkyl halides is 1. The van der Waals surface area contributed by atoms with Crippen molar-refractivity contribution in [2.24, 2.45) is 0 Å². The van der Waals surface area contributed by atoms with E-state index in [1.54, 1.807) is 6.26 Å². The summed E-state index contributed by atoms with van der Waals surface area (Å²) in [6, 6.07) is 12.6. The molecule has 0 radical (unpaired) electrons. The van der Waals surface area contributed by atoms with Gasteiger partial charge in [-0.15, -0.1) is 0 Å². The average molecular weight is 279 g/mol. The molecule has 0 saturated carbocycles. The van der Waals surface area contributed by atoms with Crippen LogP contribution >= 0.6 is 15.9 Å². The summed E-state index contributed by atoms with van der Waals surface area (Å²) >= 11 is 3.64. The average Bonchev–Trinajstić information content (AvgIpc) is 2.83. The van der Waals surface area contributed by atoms with E-state index in [0.29, 0.717) is 0 Å². The predicted molar refractivity (Wildman–Crippen MR) is 69.9 cm³/mol. The minimum absolute atomic E-state index is 0.151. The van der Waals surface area contributed by atoms with E-state index in [0.717, 1.165) is 12.2 Å². The third kappa shape index (κ3) is 2.56. The number of benzene rings is 1. The molecule has 84 valence electrons. The molecular weight excluding hydrogens is 264 g/mol. The Morgan fingerprint density at radius 3 is 2.50 bits per heavy atom. The minimum Gasteiger partial charge on any atom is -0.468 e. The lowest BCUT2D eigenvalue weighted by Gasteiger charge is -2.08. The second-order valence-electron chi connectivity index (χ2n) is 3.87. The van der Waals surface area contributed by atoms with Crippen LogP contribution in [0.4, 0.5) is 0 Å². The molecule has 1 atom stereocenters. The lowest BCUT2D eigenvalue weighted by molar-refractivity contribution is 0.519. The fraction of sp³-hybridized carbons (Fsp3) is 0.286. The van der Waals surface area contributed by atoms with Crippen LogP contribution in [-0.4, -0.2) is 0 Å². The highest BCUT2D eigenvalue weighted by atomic mass is 79.9. The third-order valence-electron chi connectivity index (χ3n) is 2.60. The van der Waals surface area contributed by atoms with Crippen LogP contribution in [0.15, 0.2) is 47.1 Å². The first kappa shape index (κ1) is 11.5. The van der Waals surface area contributed by atoms with Gasteiger partial charge in [-0.2, -0.15) is 0 Å². The Morgan fingerprint density at radius 2 is 1.94 bits per heavy atom. The van der Waals surface area contributed by atoms with E-state index in [9.17, 15) is 0 Å². The van der Waals surface area contributed by atoms with Gasteiger partial charge in [-0.3, -0.25) is 0 Å². The maximum atomic E-state index is 5.38. The smallest absolute Gasteiger partial charge is 0.121 e. The fourth-order valence-electron chi connectivity index (χ4n) is 1.74. The largest absolute Gasteiger partial charge is 0.468 e. The van der Waals surface area contributed by atoms with Crippen molar-refractivity contribution in [2.45, 2.75) is 24.6 Å². The Labute approximate surface area is 105 Å². The Kier molecular flexibility index (Phi) is 3.83. The number of aryl methyl sites for hydroxylation is 1. The molecule has 0 amide bonds. The van der Waals surface area contributed by atoms with E-state index in [2.05, 4.69) is 47.1 Å². The van der Waals surface area contributed by atoms with Gasteiger partial charge < -0.3 is 4.42 Å². The highest BCUT2D eigenvalue weighted by molar-refractivity contribution is 9.09. The van der Waals surface area contributed by atoms with Gasteiger partial charge in [-0.1, -0.05) is 53.5 Å². The minimum atomic E-state index is 0.151. The zero-order valence-electron chi connectivity index (χ0n) is 9.32. The molecule has 0 spiro atoms. The monoisotopic (exact) mass is 278 g/mol. The number of halogens is 1. The van der Waals surface area contributed by atoms with Gasteiger partial charge in [-0.25, -0.2) is 0 Å². The first-order valence-electron chi connectivity index (χ1n) is 5.57. The van der Waals surface area contributed by atoms with E-state index in [1.165, 1.54) is 17.5 Å². The molecule has 0 saturated heterocycles. The summed E-state index contributed by atoms with van der Waals surface area (Å²) in [6.45, 7) is 2.20. The van der Waals surface area contributed by atoms with Gasteiger partial charge in [0.2, 0.25) is 0 Å². The van der Waals surface area contributed by atoms with Crippen molar-refractivity contribution in [3.8, 4) is 0 Å². The Hall–Kier alpha value is -1.02. The molecule has 16 heavy (non-hydrogen) atoms. The van der Waals surface area contributed by atoms with Crippen molar-refractivity contribution in [3.63, 3.8) is 0 Å². The van der Waals surface area contributed by atoms with Crippen molar-refractivity contribution in [2.75, 3.05) is 0 Å². The molecule has 2 aromatic rings. The van der Waals surface area contributed by atoms with Crippen LogP contribution in [-0.2, 0) is 6.42 Å². The van der Waals surface area contributed by atoms with Gasteiger partial charge >= 0.3 is 0 Å². The Bertz CT molecular complexity index is 417. The molecule has 1 nitrogen and oxygen atoms in total. The number of rotatable bonds is 4. The summed E-state index contributed by atoms with van der Waals surface area (Å²) in [5.74, 6) is 0.947. The summed E-state index contributed by atoms with van der Waals surface area (Å²) in [4.78, 5) is 0.151. The van der Waals surface area contributed by atoms with Gasteiger partial charge in [0.05, 0.1) is 11.1 Å².